The van der Waals surface area contributed by atoms with E-state index >= 15 is 0 Å². The molecule has 2 heterocycles. The zero-order valence-electron chi connectivity index (χ0n) is 18.6. The molecule has 0 spiro atoms. The summed E-state index contributed by atoms with van der Waals surface area (Å²) in [6.45, 7) is 15.8. The lowest BCUT2D eigenvalue weighted by Crippen LogP contribution is -2.46. The molecule has 2 fully saturated rings. The minimum atomic E-state index is 0. The number of piperidine rings is 1. The van der Waals surface area contributed by atoms with E-state index < -0.39 is 0 Å². The predicted molar refractivity (Wildman–Crippen MR) is 132 cm³/mol. The van der Waals surface area contributed by atoms with Gasteiger partial charge in [0.15, 0.2) is 5.96 Å². The fraction of sp³-hybridized carbons (Fsp3) is 0.952. The van der Waals surface area contributed by atoms with Gasteiger partial charge in [-0.05, 0) is 59.2 Å². The number of aliphatic imine (C=N–C) groups is 1. The quantitative estimate of drug-likeness (QED) is 0.206. The van der Waals surface area contributed by atoms with Gasteiger partial charge in [-0.3, -0.25) is 9.89 Å². The van der Waals surface area contributed by atoms with Crippen LogP contribution in [0.5, 0.6) is 0 Å². The fourth-order valence-electron chi connectivity index (χ4n) is 4.19. The Morgan fingerprint density at radius 3 is 2.46 bits per heavy atom. The minimum Gasteiger partial charge on any atom is -0.357 e. The summed E-state index contributed by atoms with van der Waals surface area (Å²) in [6.07, 6.45) is 7.84. The van der Waals surface area contributed by atoms with Crippen molar-refractivity contribution < 1.29 is 0 Å². The summed E-state index contributed by atoms with van der Waals surface area (Å²) >= 11 is 0. The van der Waals surface area contributed by atoms with Crippen LogP contribution in [0.15, 0.2) is 4.99 Å². The maximum atomic E-state index is 4.78. The normalized spacial score (nSPS) is 22.7. The second kappa shape index (κ2) is 15.7. The molecule has 2 saturated heterocycles. The third kappa shape index (κ3) is 10.1. The molecule has 2 rings (SSSR count). The van der Waals surface area contributed by atoms with E-state index in [0.29, 0.717) is 0 Å². The maximum absolute atomic E-state index is 4.78. The number of likely N-dealkylation sites (N-methyl/N-ethyl adjacent to an activating group) is 1. The lowest BCUT2D eigenvalue weighted by molar-refractivity contribution is 0.147. The van der Waals surface area contributed by atoms with E-state index in [4.69, 9.17) is 4.99 Å². The molecule has 166 valence electrons. The van der Waals surface area contributed by atoms with Gasteiger partial charge in [0, 0.05) is 58.4 Å². The molecule has 2 N–H and O–H groups in total. The molecular formula is C21H45IN6. The molecule has 0 amide bonds. The number of hydrogen-bond donors (Lipinski definition) is 2. The number of unbranched alkanes of at least 4 members (excludes halogenated alkanes) is 1. The lowest BCUT2D eigenvalue weighted by atomic mass is 10.0. The Hall–Kier alpha value is -0.120. The molecule has 1 atom stereocenters. The summed E-state index contributed by atoms with van der Waals surface area (Å²) in [7, 11) is 2.22. The van der Waals surface area contributed by atoms with Gasteiger partial charge in [-0.1, -0.05) is 13.3 Å². The van der Waals surface area contributed by atoms with Crippen molar-refractivity contribution in [3.8, 4) is 0 Å². The van der Waals surface area contributed by atoms with Crippen molar-refractivity contribution in [2.75, 3.05) is 72.5 Å². The summed E-state index contributed by atoms with van der Waals surface area (Å²) in [5.41, 5.74) is 0. The van der Waals surface area contributed by atoms with Crippen LogP contribution in [0.25, 0.3) is 0 Å². The van der Waals surface area contributed by atoms with Crippen molar-refractivity contribution >= 4 is 29.9 Å². The first-order valence-corrected chi connectivity index (χ1v) is 11.4. The number of halogens is 1. The molecule has 0 aliphatic carbocycles. The van der Waals surface area contributed by atoms with Crippen molar-refractivity contribution in [1.29, 1.82) is 0 Å². The molecule has 1 unspecified atom stereocenters. The fourth-order valence-corrected chi connectivity index (χ4v) is 4.19. The van der Waals surface area contributed by atoms with Crippen molar-refractivity contribution in [3.63, 3.8) is 0 Å². The number of nitrogens with zero attached hydrogens (tertiary/aromatic N) is 4. The highest BCUT2D eigenvalue weighted by Gasteiger charge is 2.20. The first-order valence-electron chi connectivity index (χ1n) is 11.4. The van der Waals surface area contributed by atoms with E-state index in [1.165, 1.54) is 77.8 Å². The minimum absolute atomic E-state index is 0. The van der Waals surface area contributed by atoms with E-state index in [-0.39, 0.29) is 24.0 Å². The molecule has 2 aliphatic rings. The van der Waals surface area contributed by atoms with Crippen LogP contribution in [0.4, 0.5) is 0 Å². The van der Waals surface area contributed by atoms with Gasteiger partial charge in [0.25, 0.3) is 0 Å². The number of piperazine rings is 1. The molecule has 0 bridgehead atoms. The Morgan fingerprint density at radius 2 is 1.75 bits per heavy atom. The Kier molecular flexibility index (Phi) is 14.5. The van der Waals surface area contributed by atoms with Gasteiger partial charge in [-0.2, -0.15) is 0 Å². The average Bonchev–Trinajstić information content (AvgIpc) is 2.69. The number of guanidine groups is 1. The summed E-state index contributed by atoms with van der Waals surface area (Å²) in [5, 5.41) is 6.93. The molecule has 0 saturated carbocycles. The maximum Gasteiger partial charge on any atom is 0.191 e. The van der Waals surface area contributed by atoms with E-state index in [1.54, 1.807) is 0 Å². The first kappa shape index (κ1) is 25.9. The zero-order chi connectivity index (χ0) is 19.3. The van der Waals surface area contributed by atoms with Crippen molar-refractivity contribution in [1.82, 2.24) is 25.3 Å². The first-order chi connectivity index (χ1) is 13.2. The molecule has 0 radical (unpaired) electrons. The second-order valence-electron chi connectivity index (χ2n) is 8.13. The largest absolute Gasteiger partial charge is 0.357 e. The van der Waals surface area contributed by atoms with Crippen molar-refractivity contribution in [2.45, 2.75) is 58.4 Å². The zero-order valence-corrected chi connectivity index (χ0v) is 20.9. The SMILES string of the molecule is CCNC(=NCCCCN1CCN(C)CC1)NCCN1CCCCC1CC.I. The predicted octanol–water partition coefficient (Wildman–Crippen LogP) is 2.45. The van der Waals surface area contributed by atoms with Gasteiger partial charge >= 0.3 is 0 Å². The summed E-state index contributed by atoms with van der Waals surface area (Å²) in [5.74, 6) is 0.988. The lowest BCUT2D eigenvalue weighted by Gasteiger charge is -2.35. The van der Waals surface area contributed by atoms with Gasteiger partial charge in [-0.25, -0.2) is 0 Å². The molecule has 2 aliphatic heterocycles. The van der Waals surface area contributed by atoms with Crippen molar-refractivity contribution in [3.05, 3.63) is 0 Å². The highest BCUT2D eigenvalue weighted by molar-refractivity contribution is 14.0. The Bertz CT molecular complexity index is 412. The van der Waals surface area contributed by atoms with Gasteiger partial charge in [0.2, 0.25) is 0 Å². The summed E-state index contributed by atoms with van der Waals surface area (Å²) in [4.78, 5) is 12.5. The Balaban J connectivity index is 0.00000392. The Labute approximate surface area is 190 Å². The molecule has 0 aromatic rings. The average molecular weight is 509 g/mol. The van der Waals surface area contributed by atoms with Crippen LogP contribution in [0.1, 0.15) is 52.4 Å². The second-order valence-corrected chi connectivity index (χ2v) is 8.13. The van der Waals surface area contributed by atoms with Crippen molar-refractivity contribution in [2.24, 2.45) is 4.99 Å². The van der Waals surface area contributed by atoms with Gasteiger partial charge < -0.3 is 20.4 Å². The van der Waals surface area contributed by atoms with Gasteiger partial charge in [-0.15, -0.1) is 24.0 Å². The van der Waals surface area contributed by atoms with E-state index in [2.05, 4.69) is 46.2 Å². The summed E-state index contributed by atoms with van der Waals surface area (Å²) in [6, 6.07) is 0.787. The standard InChI is InChI=1S/C21H44N6.HI/c1-4-20-10-6-8-14-27(20)15-12-24-21(22-5-2)23-11-7-9-13-26-18-16-25(3)17-19-26;/h20H,4-19H2,1-3H3,(H2,22,23,24);1H. The van der Waals surface area contributed by atoms with E-state index in [0.717, 1.165) is 38.2 Å². The molecule has 28 heavy (non-hydrogen) atoms. The number of nitrogens with one attached hydrogen (secondary N) is 2. The number of likely N-dealkylation sites (tertiary alicyclic amines) is 1. The molecule has 0 aromatic heterocycles. The highest BCUT2D eigenvalue weighted by atomic mass is 127. The smallest absolute Gasteiger partial charge is 0.191 e. The van der Waals surface area contributed by atoms with E-state index in [1.807, 2.05) is 0 Å². The third-order valence-electron chi connectivity index (χ3n) is 6.00. The van der Waals surface area contributed by atoms with Gasteiger partial charge in [0.05, 0.1) is 0 Å². The van der Waals surface area contributed by atoms with E-state index in [9.17, 15) is 0 Å². The van der Waals surface area contributed by atoms with Crippen LogP contribution in [-0.2, 0) is 0 Å². The molecule has 0 aromatic carbocycles. The topological polar surface area (TPSA) is 46.1 Å². The molecule has 6 nitrogen and oxygen atoms in total. The van der Waals surface area contributed by atoms with Crippen LogP contribution >= 0.6 is 24.0 Å². The monoisotopic (exact) mass is 508 g/mol. The van der Waals surface area contributed by atoms with Crippen LogP contribution < -0.4 is 10.6 Å². The van der Waals surface area contributed by atoms with Crippen LogP contribution in [0.3, 0.4) is 0 Å². The summed E-state index contributed by atoms with van der Waals surface area (Å²) < 4.78 is 0. The molecule has 7 heteroatoms. The number of hydrogen-bond acceptors (Lipinski definition) is 4. The van der Waals surface area contributed by atoms with Crippen LogP contribution in [0.2, 0.25) is 0 Å². The van der Waals surface area contributed by atoms with Crippen LogP contribution in [-0.4, -0.2) is 99.2 Å². The number of rotatable bonds is 10. The Morgan fingerprint density at radius 1 is 0.964 bits per heavy atom. The third-order valence-corrected chi connectivity index (χ3v) is 6.00. The van der Waals surface area contributed by atoms with Crippen LogP contribution in [0, 0.1) is 0 Å². The molecular weight excluding hydrogens is 463 g/mol. The highest BCUT2D eigenvalue weighted by Crippen LogP contribution is 2.18. The van der Waals surface area contributed by atoms with Gasteiger partial charge in [0.1, 0.15) is 0 Å².